The molecular weight excluding hydrogens is 653 g/mol. The molecule has 2 aromatic rings. The zero-order valence-corrected chi connectivity index (χ0v) is 26.5. The van der Waals surface area contributed by atoms with Crippen molar-refractivity contribution in [3.8, 4) is 11.5 Å². The number of sulfonamides is 1. The molecule has 1 saturated heterocycles. The Labute approximate surface area is 268 Å². The molecule has 2 heterocycles. The van der Waals surface area contributed by atoms with E-state index < -0.39 is 59.1 Å². The minimum Gasteiger partial charge on any atom is -0.494 e. The van der Waals surface area contributed by atoms with Crippen molar-refractivity contribution in [1.82, 2.24) is 9.62 Å². The van der Waals surface area contributed by atoms with Crippen LogP contribution >= 0.6 is 0 Å². The number of aliphatic hydroxyl groups is 2. The third-order valence-corrected chi connectivity index (χ3v) is 9.51. The number of hydrogen-bond acceptors (Lipinski definition) is 8. The van der Waals surface area contributed by atoms with E-state index in [0.717, 1.165) is 16.5 Å². The zero-order valence-electron chi connectivity index (χ0n) is 25.7. The lowest BCUT2D eigenvalue weighted by Gasteiger charge is -2.34. The highest BCUT2D eigenvalue weighted by molar-refractivity contribution is 7.92. The lowest BCUT2D eigenvalue weighted by molar-refractivity contribution is -0.284. The molecule has 47 heavy (non-hydrogen) atoms. The molecule has 258 valence electrons. The van der Waals surface area contributed by atoms with Crippen LogP contribution in [0, 0.1) is 13.8 Å². The SMILES string of the molecule is Cc1cc(OCC(O)CO)cc(C)c1C=CS(=O)(=O)N1CCC2(CC1)N=C(c1cccc(OCCCC(F)(F)C(F)(F)F)c1)NC2=O. The molecule has 4 rings (SSSR count). The van der Waals surface area contributed by atoms with Crippen LogP contribution in [-0.4, -0.2) is 91.3 Å². The fourth-order valence-electron chi connectivity index (χ4n) is 5.23. The van der Waals surface area contributed by atoms with Gasteiger partial charge < -0.3 is 25.0 Å². The van der Waals surface area contributed by atoms with Crippen LogP contribution in [0.5, 0.6) is 11.5 Å². The number of benzene rings is 2. The molecule has 1 fully saturated rings. The Morgan fingerprint density at radius 1 is 1.06 bits per heavy atom. The van der Waals surface area contributed by atoms with Crippen molar-refractivity contribution in [2.75, 3.05) is 32.9 Å². The van der Waals surface area contributed by atoms with Crippen LogP contribution in [0.2, 0.25) is 0 Å². The van der Waals surface area contributed by atoms with E-state index in [1.54, 1.807) is 38.1 Å². The number of rotatable bonds is 13. The van der Waals surface area contributed by atoms with Crippen LogP contribution in [0.15, 0.2) is 46.8 Å². The minimum atomic E-state index is -5.63. The van der Waals surface area contributed by atoms with Gasteiger partial charge in [0, 0.05) is 30.5 Å². The summed E-state index contributed by atoms with van der Waals surface area (Å²) in [6, 6.07) is 9.54. The quantitative estimate of drug-likeness (QED) is 0.213. The number of nitrogens with one attached hydrogen (secondary N) is 1. The van der Waals surface area contributed by atoms with Crippen LogP contribution in [0.4, 0.5) is 22.0 Å². The molecular formula is C31H36F5N3O7S. The molecule has 2 aromatic carbocycles. The van der Waals surface area contributed by atoms with E-state index in [1.807, 2.05) is 0 Å². The molecule has 1 amide bonds. The zero-order chi connectivity index (χ0) is 34.6. The van der Waals surface area contributed by atoms with Gasteiger partial charge in [0.2, 0.25) is 10.0 Å². The Balaban J connectivity index is 1.37. The summed E-state index contributed by atoms with van der Waals surface area (Å²) in [6.45, 7) is 2.71. The first-order valence-corrected chi connectivity index (χ1v) is 16.3. The van der Waals surface area contributed by atoms with Crippen molar-refractivity contribution >= 4 is 27.8 Å². The Bertz CT molecular complexity index is 1600. The van der Waals surface area contributed by atoms with E-state index >= 15 is 0 Å². The van der Waals surface area contributed by atoms with E-state index in [4.69, 9.17) is 14.6 Å². The highest BCUT2D eigenvalue weighted by Crippen LogP contribution is 2.39. The van der Waals surface area contributed by atoms with Gasteiger partial charge in [-0.15, -0.1) is 0 Å². The maximum atomic E-state index is 13.2. The van der Waals surface area contributed by atoms with Crippen LogP contribution in [0.25, 0.3) is 6.08 Å². The average molecular weight is 690 g/mol. The molecule has 2 aliphatic rings. The summed E-state index contributed by atoms with van der Waals surface area (Å²) in [5, 5.41) is 22.3. The number of amidine groups is 1. The van der Waals surface area contributed by atoms with Gasteiger partial charge in [-0.2, -0.15) is 26.3 Å². The Morgan fingerprint density at radius 2 is 1.72 bits per heavy atom. The number of piperidine rings is 1. The van der Waals surface area contributed by atoms with Crippen LogP contribution < -0.4 is 14.8 Å². The molecule has 0 saturated carbocycles. The van der Waals surface area contributed by atoms with Gasteiger partial charge in [-0.05, 0) is 80.1 Å². The van der Waals surface area contributed by atoms with Crippen molar-refractivity contribution in [2.24, 2.45) is 4.99 Å². The van der Waals surface area contributed by atoms with Crippen LogP contribution in [0.3, 0.4) is 0 Å². The predicted molar refractivity (Wildman–Crippen MR) is 163 cm³/mol. The predicted octanol–water partition coefficient (Wildman–Crippen LogP) is 4.10. The highest BCUT2D eigenvalue weighted by atomic mass is 32.2. The second-order valence-electron chi connectivity index (χ2n) is 11.5. The Hall–Kier alpha value is -3.60. The van der Waals surface area contributed by atoms with Gasteiger partial charge in [-0.3, -0.25) is 9.79 Å². The number of ether oxygens (including phenoxy) is 2. The standard InChI is InChI=1S/C31H36F5N3O7S/c1-20-15-25(46-19-23(41)18-40)16-21(2)26(20)7-14-47(43,44)39-11-9-29(10-12-39)28(42)37-27(38-29)22-5-3-6-24(17-22)45-13-4-8-30(32,33)31(34,35)36/h3,5-7,14-17,23,40-41H,4,8-13,18-19H2,1-2H3,(H,37,38,42). The van der Waals surface area contributed by atoms with Gasteiger partial charge >= 0.3 is 12.1 Å². The van der Waals surface area contributed by atoms with Crippen LogP contribution in [-0.2, 0) is 14.8 Å². The molecule has 0 aliphatic carbocycles. The van der Waals surface area contributed by atoms with Crippen molar-refractivity contribution < 1.29 is 54.9 Å². The number of aliphatic imine (C=N–C) groups is 1. The number of aryl methyl sites for hydroxylation is 2. The van der Waals surface area contributed by atoms with E-state index in [1.165, 1.54) is 22.5 Å². The fraction of sp³-hybridized carbons (Fsp3) is 0.484. The lowest BCUT2D eigenvalue weighted by atomic mass is 9.89. The Kier molecular flexibility index (Phi) is 11.0. The summed E-state index contributed by atoms with van der Waals surface area (Å²) in [7, 11) is -3.86. The van der Waals surface area contributed by atoms with Gasteiger partial charge in [0.1, 0.15) is 35.6 Å². The molecule has 16 heteroatoms. The average Bonchev–Trinajstić information content (AvgIpc) is 3.32. The van der Waals surface area contributed by atoms with E-state index in [-0.39, 0.29) is 50.7 Å². The number of alkyl halides is 5. The van der Waals surface area contributed by atoms with E-state index in [0.29, 0.717) is 16.9 Å². The molecule has 10 nitrogen and oxygen atoms in total. The van der Waals surface area contributed by atoms with Crippen molar-refractivity contribution in [3.05, 3.63) is 64.1 Å². The van der Waals surface area contributed by atoms with Crippen molar-refractivity contribution in [2.45, 2.75) is 63.3 Å². The number of aliphatic hydroxyl groups excluding tert-OH is 2. The second kappa shape index (κ2) is 14.3. The molecule has 0 bridgehead atoms. The molecule has 1 unspecified atom stereocenters. The Morgan fingerprint density at radius 3 is 2.34 bits per heavy atom. The van der Waals surface area contributed by atoms with E-state index in [2.05, 4.69) is 10.3 Å². The number of hydrogen-bond donors (Lipinski definition) is 3. The third-order valence-electron chi connectivity index (χ3n) is 7.94. The highest BCUT2D eigenvalue weighted by Gasteiger charge is 2.56. The molecule has 1 atom stereocenters. The largest absolute Gasteiger partial charge is 0.494 e. The first-order valence-electron chi connectivity index (χ1n) is 14.8. The number of halogens is 5. The summed E-state index contributed by atoms with van der Waals surface area (Å²) in [5.74, 6) is -4.34. The number of amides is 1. The topological polar surface area (TPSA) is 138 Å². The van der Waals surface area contributed by atoms with E-state index in [9.17, 15) is 40.3 Å². The normalized spacial score (nSPS) is 18.0. The lowest BCUT2D eigenvalue weighted by Crippen LogP contribution is -2.50. The summed E-state index contributed by atoms with van der Waals surface area (Å²) in [5.41, 5.74) is 1.39. The monoisotopic (exact) mass is 689 g/mol. The molecule has 1 spiro atoms. The van der Waals surface area contributed by atoms with Gasteiger partial charge in [0.25, 0.3) is 5.91 Å². The van der Waals surface area contributed by atoms with Crippen LogP contribution in [0.1, 0.15) is 47.9 Å². The van der Waals surface area contributed by atoms with Gasteiger partial charge in [0.15, 0.2) is 0 Å². The molecule has 0 radical (unpaired) electrons. The maximum Gasteiger partial charge on any atom is 0.453 e. The van der Waals surface area contributed by atoms with Crippen molar-refractivity contribution in [3.63, 3.8) is 0 Å². The van der Waals surface area contributed by atoms with Gasteiger partial charge in [0.05, 0.1) is 13.2 Å². The molecule has 2 aliphatic heterocycles. The summed E-state index contributed by atoms with van der Waals surface area (Å²) in [4.78, 5) is 17.6. The number of carbonyl (C=O) groups excluding carboxylic acids is 1. The fourth-order valence-corrected chi connectivity index (χ4v) is 6.40. The molecule has 0 aromatic heterocycles. The van der Waals surface area contributed by atoms with Crippen molar-refractivity contribution in [1.29, 1.82) is 0 Å². The number of carbonyl (C=O) groups is 1. The third kappa shape index (κ3) is 8.66. The maximum absolute atomic E-state index is 13.2. The van der Waals surface area contributed by atoms with Gasteiger partial charge in [-0.1, -0.05) is 12.1 Å². The van der Waals surface area contributed by atoms with Gasteiger partial charge in [-0.25, -0.2) is 8.42 Å². The molecule has 3 N–H and O–H groups in total. The summed E-state index contributed by atoms with van der Waals surface area (Å²) < 4.78 is 102. The first-order chi connectivity index (χ1) is 22.0. The summed E-state index contributed by atoms with van der Waals surface area (Å²) in [6.07, 6.45) is -6.88. The smallest absolute Gasteiger partial charge is 0.453 e. The minimum absolute atomic E-state index is 0.0283. The summed E-state index contributed by atoms with van der Waals surface area (Å²) >= 11 is 0. The first kappa shape index (κ1) is 36.2. The second-order valence-corrected chi connectivity index (χ2v) is 13.3. The number of nitrogens with zero attached hydrogens (tertiary/aromatic N) is 2.